The second-order valence-corrected chi connectivity index (χ2v) is 10.5. The third-order valence-corrected chi connectivity index (χ3v) is 7.52. The summed E-state index contributed by atoms with van der Waals surface area (Å²) in [4.78, 5) is 45.1. The van der Waals surface area contributed by atoms with Gasteiger partial charge in [-0.15, -0.1) is 0 Å². The lowest BCUT2D eigenvalue weighted by Gasteiger charge is -2.23. The normalized spacial score (nSPS) is 16.8. The lowest BCUT2D eigenvalue weighted by atomic mass is 9.95. The largest absolute Gasteiger partial charge is 0.507 e. The standard InChI is InChI=1S/C27H25IN2O6S/c1-4-13-36-19-8-6-7-17(14-19)22(31)20-21(16-9-11-18(28)12-10-16)30(25(33)23(20)32)27-29-15(3)24(37-27)26(34)35-5-2/h6-12,14,21,31H,4-5,13H2,1-3H3. The minimum Gasteiger partial charge on any atom is -0.507 e. The molecule has 2 heterocycles. The summed E-state index contributed by atoms with van der Waals surface area (Å²) >= 11 is 3.14. The molecule has 0 radical (unpaired) electrons. The van der Waals surface area contributed by atoms with E-state index in [1.165, 1.54) is 4.90 Å². The summed E-state index contributed by atoms with van der Waals surface area (Å²) in [7, 11) is 0. The number of esters is 1. The van der Waals surface area contributed by atoms with Crippen molar-refractivity contribution < 1.29 is 29.0 Å². The van der Waals surface area contributed by atoms with E-state index in [4.69, 9.17) is 9.47 Å². The van der Waals surface area contributed by atoms with Crippen molar-refractivity contribution in [2.24, 2.45) is 0 Å². The lowest BCUT2D eigenvalue weighted by Crippen LogP contribution is -2.29. The van der Waals surface area contributed by atoms with Crippen LogP contribution in [0, 0.1) is 10.5 Å². The van der Waals surface area contributed by atoms with Gasteiger partial charge in [0.25, 0.3) is 5.78 Å². The quantitative estimate of drug-likeness (QED) is 0.113. The maximum absolute atomic E-state index is 13.4. The molecule has 1 fully saturated rings. The maximum Gasteiger partial charge on any atom is 0.350 e. The highest BCUT2D eigenvalue weighted by Crippen LogP contribution is 2.44. The van der Waals surface area contributed by atoms with Crippen LogP contribution in [0.4, 0.5) is 5.13 Å². The molecule has 1 aliphatic rings. The summed E-state index contributed by atoms with van der Waals surface area (Å²) < 4.78 is 11.8. The van der Waals surface area contributed by atoms with Gasteiger partial charge in [-0.3, -0.25) is 14.5 Å². The molecule has 3 aromatic rings. The number of carbonyl (C=O) groups is 3. The zero-order valence-corrected chi connectivity index (χ0v) is 23.5. The molecule has 1 atom stereocenters. The van der Waals surface area contributed by atoms with Gasteiger partial charge in [-0.05, 0) is 72.7 Å². The molecule has 0 bridgehead atoms. The van der Waals surface area contributed by atoms with Gasteiger partial charge in [0.1, 0.15) is 16.4 Å². The fourth-order valence-electron chi connectivity index (χ4n) is 3.97. The number of aryl methyl sites for hydroxylation is 1. The van der Waals surface area contributed by atoms with E-state index in [1.807, 2.05) is 19.1 Å². The summed E-state index contributed by atoms with van der Waals surface area (Å²) in [6, 6.07) is 13.1. The van der Waals surface area contributed by atoms with E-state index in [9.17, 15) is 19.5 Å². The number of benzene rings is 2. The molecule has 1 unspecified atom stereocenters. The molecule has 0 saturated carbocycles. The van der Waals surface area contributed by atoms with E-state index in [-0.39, 0.29) is 27.9 Å². The molecule has 1 saturated heterocycles. The number of hydrogen-bond donors (Lipinski definition) is 1. The van der Waals surface area contributed by atoms with Crippen LogP contribution in [0.1, 0.15) is 52.8 Å². The number of ketones is 1. The van der Waals surface area contributed by atoms with E-state index in [2.05, 4.69) is 27.6 Å². The number of amides is 1. The molecular formula is C27H25IN2O6S. The minimum atomic E-state index is -0.946. The van der Waals surface area contributed by atoms with Crippen LogP contribution >= 0.6 is 33.9 Å². The van der Waals surface area contributed by atoms with Crippen molar-refractivity contribution in [2.45, 2.75) is 33.2 Å². The van der Waals surface area contributed by atoms with E-state index in [1.54, 1.807) is 50.2 Å². The molecule has 1 aliphatic heterocycles. The first-order valence-electron chi connectivity index (χ1n) is 11.7. The van der Waals surface area contributed by atoms with Gasteiger partial charge in [0.15, 0.2) is 5.13 Å². The number of halogens is 1. The number of aromatic nitrogens is 1. The molecule has 2 aromatic carbocycles. The molecule has 1 aromatic heterocycles. The monoisotopic (exact) mass is 632 g/mol. The highest BCUT2D eigenvalue weighted by Gasteiger charge is 2.48. The van der Waals surface area contributed by atoms with Crippen molar-refractivity contribution in [1.29, 1.82) is 0 Å². The number of thiazole rings is 1. The number of carbonyl (C=O) groups excluding carboxylic acids is 3. The number of aliphatic hydroxyl groups excluding tert-OH is 1. The molecule has 1 amide bonds. The Kier molecular flexibility index (Phi) is 8.28. The van der Waals surface area contributed by atoms with Gasteiger partial charge >= 0.3 is 11.9 Å². The van der Waals surface area contributed by atoms with Crippen LogP contribution in [-0.4, -0.2) is 41.0 Å². The van der Waals surface area contributed by atoms with Gasteiger partial charge in [-0.2, -0.15) is 0 Å². The second kappa shape index (κ2) is 11.4. The van der Waals surface area contributed by atoms with E-state index >= 15 is 0 Å². The topological polar surface area (TPSA) is 106 Å². The van der Waals surface area contributed by atoms with Gasteiger partial charge in [0.05, 0.1) is 30.5 Å². The van der Waals surface area contributed by atoms with Crippen molar-refractivity contribution in [3.8, 4) is 5.75 Å². The van der Waals surface area contributed by atoms with Crippen molar-refractivity contribution in [3.05, 3.63) is 79.4 Å². The number of anilines is 1. The number of Topliss-reactive ketones (excluding diaryl/α,β-unsaturated/α-hetero) is 1. The van der Waals surface area contributed by atoms with Gasteiger partial charge in [0, 0.05) is 9.13 Å². The Hall–Kier alpha value is -3.25. The predicted molar refractivity (Wildman–Crippen MR) is 149 cm³/mol. The zero-order valence-electron chi connectivity index (χ0n) is 20.5. The van der Waals surface area contributed by atoms with Gasteiger partial charge in [0.2, 0.25) is 0 Å². The Morgan fingerprint density at radius 3 is 2.57 bits per heavy atom. The average molecular weight is 632 g/mol. The molecule has 4 rings (SSSR count). The summed E-state index contributed by atoms with van der Waals surface area (Å²) in [6.07, 6.45) is 0.815. The third kappa shape index (κ3) is 5.40. The summed E-state index contributed by atoms with van der Waals surface area (Å²) in [5, 5.41) is 11.5. The van der Waals surface area contributed by atoms with Crippen LogP contribution in [0.15, 0.2) is 54.1 Å². The van der Waals surface area contributed by atoms with Gasteiger partial charge in [-0.1, -0.05) is 42.5 Å². The van der Waals surface area contributed by atoms with Gasteiger partial charge < -0.3 is 14.6 Å². The molecule has 37 heavy (non-hydrogen) atoms. The number of hydrogen-bond acceptors (Lipinski definition) is 8. The fraction of sp³-hybridized carbons (Fsp3) is 0.259. The van der Waals surface area contributed by atoms with E-state index in [0.29, 0.717) is 29.2 Å². The molecule has 0 aliphatic carbocycles. The van der Waals surface area contributed by atoms with Crippen LogP contribution < -0.4 is 9.64 Å². The maximum atomic E-state index is 13.4. The first-order chi connectivity index (χ1) is 17.8. The first-order valence-corrected chi connectivity index (χ1v) is 13.6. The third-order valence-electron chi connectivity index (χ3n) is 5.66. The van der Waals surface area contributed by atoms with Crippen LogP contribution in [0.25, 0.3) is 5.76 Å². The Morgan fingerprint density at radius 2 is 1.89 bits per heavy atom. The summed E-state index contributed by atoms with van der Waals surface area (Å²) in [6.45, 7) is 6.03. The Morgan fingerprint density at radius 1 is 1.16 bits per heavy atom. The fourth-order valence-corrected chi connectivity index (χ4v) is 5.32. The Balaban J connectivity index is 1.87. The van der Waals surface area contributed by atoms with E-state index in [0.717, 1.165) is 21.3 Å². The van der Waals surface area contributed by atoms with Crippen LogP contribution in [0.5, 0.6) is 5.75 Å². The van der Waals surface area contributed by atoms with Crippen molar-refractivity contribution in [1.82, 2.24) is 4.98 Å². The molecule has 8 nitrogen and oxygen atoms in total. The molecule has 192 valence electrons. The average Bonchev–Trinajstić information content (AvgIpc) is 3.40. The Bertz CT molecular complexity index is 1380. The molecule has 0 spiro atoms. The van der Waals surface area contributed by atoms with Crippen molar-refractivity contribution >= 4 is 62.5 Å². The highest BCUT2D eigenvalue weighted by molar-refractivity contribution is 14.1. The molecule has 10 heteroatoms. The second-order valence-electron chi connectivity index (χ2n) is 8.23. The van der Waals surface area contributed by atoms with Gasteiger partial charge in [-0.25, -0.2) is 9.78 Å². The SMILES string of the molecule is CCCOc1cccc(C(O)=C2C(=O)C(=O)N(c3nc(C)c(C(=O)OCC)s3)C2c2ccc(I)cc2)c1. The number of rotatable bonds is 8. The first kappa shape index (κ1) is 26.8. The highest BCUT2D eigenvalue weighted by atomic mass is 127. The number of aliphatic hydroxyl groups is 1. The summed E-state index contributed by atoms with van der Waals surface area (Å²) in [5.74, 6) is -2.00. The van der Waals surface area contributed by atoms with Crippen molar-refractivity contribution in [2.75, 3.05) is 18.1 Å². The summed E-state index contributed by atoms with van der Waals surface area (Å²) in [5.41, 5.74) is 1.29. The lowest BCUT2D eigenvalue weighted by molar-refractivity contribution is -0.132. The smallest absolute Gasteiger partial charge is 0.350 e. The molecular weight excluding hydrogens is 607 g/mol. The Labute approximate surface area is 232 Å². The predicted octanol–water partition coefficient (Wildman–Crippen LogP) is 5.65. The van der Waals surface area contributed by atoms with Crippen molar-refractivity contribution in [3.63, 3.8) is 0 Å². The van der Waals surface area contributed by atoms with Crippen LogP contribution in [0.3, 0.4) is 0 Å². The van der Waals surface area contributed by atoms with E-state index < -0.39 is 23.7 Å². The van der Waals surface area contributed by atoms with Crippen LogP contribution in [-0.2, 0) is 14.3 Å². The minimum absolute atomic E-state index is 0.0654. The number of nitrogens with zero attached hydrogens (tertiary/aromatic N) is 2. The zero-order chi connectivity index (χ0) is 26.7. The van der Waals surface area contributed by atoms with Crippen LogP contribution in [0.2, 0.25) is 0 Å². The molecule has 1 N–H and O–H groups in total. The number of ether oxygens (including phenoxy) is 2.